The van der Waals surface area contributed by atoms with Crippen molar-refractivity contribution in [3.63, 3.8) is 0 Å². The zero-order valence-electron chi connectivity index (χ0n) is 9.58. The first-order valence-corrected chi connectivity index (χ1v) is 5.81. The number of benzene rings is 1. The quantitative estimate of drug-likeness (QED) is 0.762. The molecule has 1 aliphatic rings. The highest BCUT2D eigenvalue weighted by molar-refractivity contribution is 6.32. The van der Waals surface area contributed by atoms with Gasteiger partial charge in [0, 0.05) is 12.2 Å². The van der Waals surface area contributed by atoms with E-state index < -0.39 is 0 Å². The molecule has 0 saturated heterocycles. The van der Waals surface area contributed by atoms with Gasteiger partial charge >= 0.3 is 0 Å². The van der Waals surface area contributed by atoms with E-state index >= 15 is 0 Å². The van der Waals surface area contributed by atoms with Gasteiger partial charge in [-0.2, -0.15) is 0 Å². The lowest BCUT2D eigenvalue weighted by atomic mass is 10.1. The summed E-state index contributed by atoms with van der Waals surface area (Å²) in [6.07, 6.45) is 3.74. The molecule has 88 valence electrons. The molecule has 1 nitrogen and oxygen atoms in total. The van der Waals surface area contributed by atoms with Crippen molar-refractivity contribution in [3.8, 4) is 0 Å². The van der Waals surface area contributed by atoms with E-state index in [-0.39, 0.29) is 5.82 Å². The molecule has 1 aliphatic heterocycles. The van der Waals surface area contributed by atoms with Crippen LogP contribution >= 0.6 is 11.6 Å². The molecule has 17 heavy (non-hydrogen) atoms. The van der Waals surface area contributed by atoms with Crippen molar-refractivity contribution in [2.45, 2.75) is 6.92 Å². The number of halogens is 2. The predicted molar refractivity (Wildman–Crippen MR) is 69.8 cm³/mol. The van der Waals surface area contributed by atoms with Crippen LogP contribution in [0.25, 0.3) is 5.70 Å². The summed E-state index contributed by atoms with van der Waals surface area (Å²) in [5, 5.41) is 0.637. The fraction of sp³-hybridized carbons (Fsp3) is 0.143. The monoisotopic (exact) mass is 249 g/mol. The third-order valence-electron chi connectivity index (χ3n) is 2.74. The van der Waals surface area contributed by atoms with Gasteiger partial charge in [-0.05, 0) is 48.9 Å². The van der Waals surface area contributed by atoms with E-state index in [4.69, 9.17) is 11.6 Å². The summed E-state index contributed by atoms with van der Waals surface area (Å²) in [5.74, 6) is -0.236. The number of likely N-dealkylation sites (N-methyl/N-ethyl adjacent to an activating group) is 1. The third-order valence-corrected chi connectivity index (χ3v) is 3.08. The van der Waals surface area contributed by atoms with Gasteiger partial charge in [0.05, 0.1) is 10.7 Å². The summed E-state index contributed by atoms with van der Waals surface area (Å²) >= 11 is 6.03. The molecule has 0 N–H and O–H groups in total. The summed E-state index contributed by atoms with van der Waals surface area (Å²) in [6, 6.07) is 6.41. The normalized spacial score (nSPS) is 15.7. The summed E-state index contributed by atoms with van der Waals surface area (Å²) in [4.78, 5) is 2.01. The van der Waals surface area contributed by atoms with E-state index in [1.165, 1.54) is 12.1 Å². The van der Waals surface area contributed by atoms with Crippen LogP contribution in [0.1, 0.15) is 12.5 Å². The lowest BCUT2D eigenvalue weighted by Crippen LogP contribution is -2.22. The molecule has 0 atom stereocenters. The van der Waals surface area contributed by atoms with Crippen LogP contribution in [-0.4, -0.2) is 11.4 Å². The van der Waals surface area contributed by atoms with E-state index in [9.17, 15) is 4.39 Å². The molecule has 0 aliphatic carbocycles. The molecule has 0 unspecified atom stereocenters. The van der Waals surface area contributed by atoms with Crippen LogP contribution < -0.4 is 0 Å². The first-order chi connectivity index (χ1) is 8.13. The van der Waals surface area contributed by atoms with Crippen molar-refractivity contribution in [3.05, 3.63) is 65.1 Å². The van der Waals surface area contributed by atoms with E-state index in [2.05, 4.69) is 6.58 Å². The number of hydrogen-bond donors (Lipinski definition) is 0. The third kappa shape index (κ3) is 2.27. The Hall–Kier alpha value is -1.54. The minimum Gasteiger partial charge on any atom is -0.341 e. The first kappa shape index (κ1) is 11.9. The Morgan fingerprint density at radius 1 is 1.24 bits per heavy atom. The molecule has 2 rings (SSSR count). The Labute approximate surface area is 106 Å². The predicted octanol–water partition coefficient (Wildman–Crippen LogP) is 4.14. The first-order valence-electron chi connectivity index (χ1n) is 5.43. The number of hydrogen-bond acceptors (Lipinski definition) is 1. The van der Waals surface area contributed by atoms with Crippen LogP contribution in [0, 0.1) is 5.82 Å². The number of rotatable bonds is 2. The van der Waals surface area contributed by atoms with Crippen LogP contribution in [0.5, 0.6) is 0 Å². The van der Waals surface area contributed by atoms with Crippen LogP contribution in [0.4, 0.5) is 4.39 Å². The molecule has 0 bridgehead atoms. The summed E-state index contributed by atoms with van der Waals surface area (Å²) in [7, 11) is 0. The second-order valence-corrected chi connectivity index (χ2v) is 4.17. The van der Waals surface area contributed by atoms with Crippen LogP contribution in [0.3, 0.4) is 0 Å². The molecule has 1 aromatic carbocycles. The molecule has 0 amide bonds. The molecule has 0 fully saturated rings. The molecule has 1 aromatic rings. The van der Waals surface area contributed by atoms with E-state index in [1.807, 2.05) is 24.0 Å². The van der Waals surface area contributed by atoms with Crippen molar-refractivity contribution in [1.29, 1.82) is 0 Å². The highest BCUT2D eigenvalue weighted by atomic mass is 35.5. The molecular weight excluding hydrogens is 237 g/mol. The summed E-state index contributed by atoms with van der Waals surface area (Å²) < 4.78 is 12.9. The number of nitrogens with zero attached hydrogens (tertiary/aromatic N) is 1. The van der Waals surface area contributed by atoms with Gasteiger partial charge in [-0.25, -0.2) is 4.39 Å². The topological polar surface area (TPSA) is 3.24 Å². The Morgan fingerprint density at radius 3 is 2.47 bits per heavy atom. The minimum atomic E-state index is -0.236. The van der Waals surface area contributed by atoms with Gasteiger partial charge in [0.25, 0.3) is 0 Å². The SMILES string of the molecule is C=C1C(Cl)=CC=C(c2ccc(F)cc2)N1CC. The fourth-order valence-corrected chi connectivity index (χ4v) is 2.01. The lowest BCUT2D eigenvalue weighted by Gasteiger charge is -2.30. The average Bonchev–Trinajstić information content (AvgIpc) is 2.34. The van der Waals surface area contributed by atoms with Crippen molar-refractivity contribution >= 4 is 17.3 Å². The van der Waals surface area contributed by atoms with Gasteiger partial charge in [-0.3, -0.25) is 0 Å². The number of allylic oxidation sites excluding steroid dienone is 3. The second kappa shape index (κ2) is 4.76. The van der Waals surface area contributed by atoms with Gasteiger partial charge in [-0.1, -0.05) is 18.2 Å². The smallest absolute Gasteiger partial charge is 0.123 e. The van der Waals surface area contributed by atoms with Gasteiger partial charge < -0.3 is 4.90 Å². The van der Waals surface area contributed by atoms with E-state index in [1.54, 1.807) is 12.1 Å². The maximum absolute atomic E-state index is 12.9. The largest absolute Gasteiger partial charge is 0.341 e. The minimum absolute atomic E-state index is 0.236. The van der Waals surface area contributed by atoms with Gasteiger partial charge in [-0.15, -0.1) is 0 Å². The average molecular weight is 250 g/mol. The summed E-state index contributed by atoms with van der Waals surface area (Å²) in [6.45, 7) is 6.75. The highest BCUT2D eigenvalue weighted by Crippen LogP contribution is 2.31. The Balaban J connectivity index is 2.43. The maximum Gasteiger partial charge on any atom is 0.123 e. The Kier molecular flexibility index (Phi) is 3.34. The zero-order chi connectivity index (χ0) is 12.4. The van der Waals surface area contributed by atoms with Crippen LogP contribution in [0.2, 0.25) is 0 Å². The van der Waals surface area contributed by atoms with Gasteiger partial charge in [0.15, 0.2) is 0 Å². The summed E-state index contributed by atoms with van der Waals surface area (Å²) in [5.41, 5.74) is 2.72. The molecular formula is C14H13ClFN. The molecule has 0 spiro atoms. The molecule has 3 heteroatoms. The molecule has 0 saturated carbocycles. The fourth-order valence-electron chi connectivity index (χ4n) is 1.85. The van der Waals surface area contributed by atoms with Gasteiger partial charge in [0.1, 0.15) is 5.82 Å². The highest BCUT2D eigenvalue weighted by Gasteiger charge is 2.18. The Bertz CT molecular complexity index is 499. The molecule has 0 aromatic heterocycles. The zero-order valence-corrected chi connectivity index (χ0v) is 10.3. The van der Waals surface area contributed by atoms with Crippen molar-refractivity contribution < 1.29 is 4.39 Å². The second-order valence-electron chi connectivity index (χ2n) is 3.76. The van der Waals surface area contributed by atoms with Gasteiger partial charge in [0.2, 0.25) is 0 Å². The molecule has 0 radical (unpaired) electrons. The van der Waals surface area contributed by atoms with Crippen molar-refractivity contribution in [2.75, 3.05) is 6.54 Å². The lowest BCUT2D eigenvalue weighted by molar-refractivity contribution is 0.527. The molecule has 1 heterocycles. The van der Waals surface area contributed by atoms with Crippen molar-refractivity contribution in [1.82, 2.24) is 4.90 Å². The standard InChI is InChI=1S/C14H13ClFN/c1-3-17-10(2)13(15)8-9-14(17)11-4-6-12(16)7-5-11/h4-9H,2-3H2,1H3. The Morgan fingerprint density at radius 2 is 1.88 bits per heavy atom. The van der Waals surface area contributed by atoms with E-state index in [0.29, 0.717) is 5.03 Å². The van der Waals surface area contributed by atoms with Crippen molar-refractivity contribution in [2.24, 2.45) is 0 Å². The van der Waals surface area contributed by atoms with E-state index in [0.717, 1.165) is 23.5 Å². The maximum atomic E-state index is 12.9. The van der Waals surface area contributed by atoms with Crippen LogP contribution in [-0.2, 0) is 0 Å². The van der Waals surface area contributed by atoms with Crippen LogP contribution in [0.15, 0.2) is 53.7 Å².